The van der Waals surface area contributed by atoms with Gasteiger partial charge in [-0.3, -0.25) is 14.5 Å². The zero-order chi connectivity index (χ0) is 21.3. The van der Waals surface area contributed by atoms with E-state index in [1.54, 1.807) is 24.3 Å². The molecule has 1 N–H and O–H groups in total. The maximum Gasteiger partial charge on any atom is 0.243 e. The first-order valence-corrected chi connectivity index (χ1v) is 11.5. The van der Waals surface area contributed by atoms with E-state index >= 15 is 0 Å². The third-order valence-electron chi connectivity index (χ3n) is 5.65. The molecule has 0 saturated carbocycles. The lowest BCUT2D eigenvalue weighted by Gasteiger charge is -2.26. The summed E-state index contributed by atoms with van der Waals surface area (Å²) in [5.74, 6) is 0.0416. The normalized spacial score (nSPS) is 19.5. The molecule has 2 amide bonds. The summed E-state index contributed by atoms with van der Waals surface area (Å²) in [6.45, 7) is 2.67. The van der Waals surface area contributed by atoms with Crippen LogP contribution in [0.25, 0.3) is 0 Å². The van der Waals surface area contributed by atoms with Crippen LogP contribution in [0.5, 0.6) is 0 Å². The molecule has 1 atom stereocenters. The monoisotopic (exact) mass is 431 g/mol. The van der Waals surface area contributed by atoms with Crippen LogP contribution in [0.15, 0.2) is 45.9 Å². The van der Waals surface area contributed by atoms with Crippen molar-refractivity contribution in [3.63, 3.8) is 0 Å². The van der Waals surface area contributed by atoms with Crippen molar-refractivity contribution in [2.24, 2.45) is 0 Å². The summed E-state index contributed by atoms with van der Waals surface area (Å²) in [5, 5.41) is 2.79. The summed E-state index contributed by atoms with van der Waals surface area (Å²) in [5.41, 5.74) is 1.26. The molecule has 1 fully saturated rings. The van der Waals surface area contributed by atoms with Gasteiger partial charge in [0.25, 0.3) is 0 Å². The van der Waals surface area contributed by atoms with Crippen molar-refractivity contribution in [2.45, 2.75) is 50.1 Å². The number of nitrogens with one attached hydrogen (secondary N) is 1. The number of piperidine rings is 1. The van der Waals surface area contributed by atoms with Crippen molar-refractivity contribution in [3.8, 4) is 0 Å². The highest BCUT2D eigenvalue weighted by molar-refractivity contribution is 7.89. The van der Waals surface area contributed by atoms with Crippen LogP contribution in [-0.2, 0) is 32.6 Å². The minimum Gasteiger partial charge on any atom is -0.467 e. The van der Waals surface area contributed by atoms with E-state index in [4.69, 9.17) is 4.42 Å². The molecule has 2 aromatic rings. The van der Waals surface area contributed by atoms with Gasteiger partial charge < -0.3 is 9.73 Å². The quantitative estimate of drug-likeness (QED) is 0.781. The van der Waals surface area contributed by atoms with Crippen molar-refractivity contribution in [1.29, 1.82) is 0 Å². The van der Waals surface area contributed by atoms with Crippen LogP contribution in [-0.4, -0.2) is 43.7 Å². The zero-order valence-electron chi connectivity index (χ0n) is 16.8. The number of amides is 2. The molecule has 1 unspecified atom stereocenters. The van der Waals surface area contributed by atoms with Crippen molar-refractivity contribution < 1.29 is 22.4 Å². The second kappa shape index (κ2) is 8.23. The smallest absolute Gasteiger partial charge is 0.243 e. The van der Waals surface area contributed by atoms with Gasteiger partial charge >= 0.3 is 0 Å². The molecular formula is C21H25N3O5S. The Hall–Kier alpha value is -2.65. The second-order valence-corrected chi connectivity index (χ2v) is 9.60. The second-order valence-electron chi connectivity index (χ2n) is 7.66. The van der Waals surface area contributed by atoms with Gasteiger partial charge in [0.15, 0.2) is 0 Å². The van der Waals surface area contributed by atoms with Gasteiger partial charge in [0.2, 0.25) is 21.8 Å². The van der Waals surface area contributed by atoms with Crippen molar-refractivity contribution >= 4 is 27.5 Å². The third kappa shape index (κ3) is 3.87. The predicted molar refractivity (Wildman–Crippen MR) is 110 cm³/mol. The lowest BCUT2D eigenvalue weighted by molar-refractivity contribution is -0.125. The Morgan fingerprint density at radius 3 is 2.60 bits per heavy atom. The molecule has 1 aromatic carbocycles. The van der Waals surface area contributed by atoms with Gasteiger partial charge in [-0.15, -0.1) is 0 Å². The number of anilines is 1. The van der Waals surface area contributed by atoms with Gasteiger partial charge in [0.05, 0.1) is 17.7 Å². The fourth-order valence-corrected chi connectivity index (χ4v) is 5.72. The van der Waals surface area contributed by atoms with Gasteiger partial charge in [-0.1, -0.05) is 6.42 Å². The molecule has 0 radical (unpaired) electrons. The van der Waals surface area contributed by atoms with Gasteiger partial charge in [0.1, 0.15) is 11.8 Å². The Labute approximate surface area is 175 Å². The molecular weight excluding hydrogens is 406 g/mol. The van der Waals surface area contributed by atoms with E-state index in [0.717, 1.165) is 19.3 Å². The Kier molecular flexibility index (Phi) is 5.66. The lowest BCUT2D eigenvalue weighted by atomic mass is 10.1. The first-order valence-electron chi connectivity index (χ1n) is 10.1. The summed E-state index contributed by atoms with van der Waals surface area (Å²) in [7, 11) is -3.58. The maximum absolute atomic E-state index is 13.0. The lowest BCUT2D eigenvalue weighted by Crippen LogP contribution is -2.47. The Morgan fingerprint density at radius 2 is 1.93 bits per heavy atom. The minimum absolute atomic E-state index is 0.211. The van der Waals surface area contributed by atoms with Gasteiger partial charge in [-0.2, -0.15) is 4.31 Å². The summed E-state index contributed by atoms with van der Waals surface area (Å²) >= 11 is 0. The number of benzene rings is 1. The van der Waals surface area contributed by atoms with Crippen LogP contribution >= 0.6 is 0 Å². The fraction of sp³-hybridized carbons (Fsp3) is 0.429. The number of carbonyl (C=O) groups excluding carboxylic acids is 2. The zero-order valence-corrected chi connectivity index (χ0v) is 17.7. The van der Waals surface area contributed by atoms with Crippen molar-refractivity contribution in [2.75, 3.05) is 18.0 Å². The molecule has 0 aliphatic carbocycles. The minimum atomic E-state index is -3.58. The first kappa shape index (κ1) is 20.6. The molecule has 4 rings (SSSR count). The largest absolute Gasteiger partial charge is 0.467 e. The fourth-order valence-electron chi connectivity index (χ4n) is 4.15. The van der Waals surface area contributed by atoms with E-state index in [1.165, 1.54) is 28.5 Å². The van der Waals surface area contributed by atoms with Crippen molar-refractivity contribution in [3.05, 3.63) is 47.9 Å². The average molecular weight is 432 g/mol. The van der Waals surface area contributed by atoms with Crippen LogP contribution in [0.3, 0.4) is 0 Å². The van der Waals surface area contributed by atoms with Crippen LogP contribution in [0.1, 0.15) is 37.5 Å². The predicted octanol–water partition coefficient (Wildman–Crippen LogP) is 2.05. The highest BCUT2D eigenvalue weighted by Gasteiger charge is 2.38. The molecule has 2 aliphatic rings. The number of fused-ring (bicyclic) bond motifs is 1. The summed E-state index contributed by atoms with van der Waals surface area (Å²) < 4.78 is 32.8. The third-order valence-corrected chi connectivity index (χ3v) is 7.54. The maximum atomic E-state index is 13.0. The standard InChI is InChI=1S/C21H25N3O5S/c1-15(25)24-19-8-7-18(30(27,28)23-9-3-2-4-10-23)12-16(19)13-20(24)21(26)22-14-17-6-5-11-29-17/h5-8,11-12,20H,2-4,9-10,13-14H2,1H3,(H,22,26). The van der Waals surface area contributed by atoms with Gasteiger partial charge in [-0.05, 0) is 48.7 Å². The van der Waals surface area contributed by atoms with Crippen LogP contribution < -0.4 is 10.2 Å². The van der Waals surface area contributed by atoms with E-state index in [0.29, 0.717) is 30.1 Å². The summed E-state index contributed by atoms with van der Waals surface area (Å²) in [4.78, 5) is 26.7. The molecule has 0 spiro atoms. The Balaban J connectivity index is 1.57. The number of furan rings is 1. The number of hydrogen-bond donors (Lipinski definition) is 1. The Morgan fingerprint density at radius 1 is 1.17 bits per heavy atom. The van der Waals surface area contributed by atoms with Crippen LogP contribution in [0.2, 0.25) is 0 Å². The highest BCUT2D eigenvalue weighted by atomic mass is 32.2. The molecule has 1 aromatic heterocycles. The van der Waals surface area contributed by atoms with E-state index in [-0.39, 0.29) is 29.7 Å². The molecule has 30 heavy (non-hydrogen) atoms. The SMILES string of the molecule is CC(=O)N1c2ccc(S(=O)(=O)N3CCCCC3)cc2CC1C(=O)NCc1ccco1. The van der Waals surface area contributed by atoms with Crippen LogP contribution in [0, 0.1) is 0 Å². The molecule has 2 aliphatic heterocycles. The summed E-state index contributed by atoms with van der Waals surface area (Å²) in [6.07, 6.45) is 4.56. The van der Waals surface area contributed by atoms with Gasteiger partial charge in [0, 0.05) is 32.1 Å². The molecule has 8 nitrogen and oxygen atoms in total. The Bertz CT molecular complexity index is 1040. The average Bonchev–Trinajstić information content (AvgIpc) is 3.39. The number of hydrogen-bond acceptors (Lipinski definition) is 5. The number of nitrogens with zero attached hydrogens (tertiary/aromatic N) is 2. The molecule has 0 bridgehead atoms. The molecule has 1 saturated heterocycles. The summed E-state index contributed by atoms with van der Waals surface area (Å²) in [6, 6.07) is 7.54. The highest BCUT2D eigenvalue weighted by Crippen LogP contribution is 2.35. The number of carbonyl (C=O) groups is 2. The molecule has 160 valence electrons. The first-order chi connectivity index (χ1) is 14.4. The van der Waals surface area contributed by atoms with E-state index < -0.39 is 16.1 Å². The van der Waals surface area contributed by atoms with Crippen molar-refractivity contribution in [1.82, 2.24) is 9.62 Å². The number of sulfonamides is 1. The molecule has 9 heteroatoms. The van der Waals surface area contributed by atoms with E-state index in [2.05, 4.69) is 5.32 Å². The van der Waals surface area contributed by atoms with E-state index in [9.17, 15) is 18.0 Å². The number of rotatable bonds is 5. The topological polar surface area (TPSA) is 99.9 Å². The van der Waals surface area contributed by atoms with Crippen LogP contribution in [0.4, 0.5) is 5.69 Å². The van der Waals surface area contributed by atoms with Gasteiger partial charge in [-0.25, -0.2) is 8.42 Å². The molecule has 3 heterocycles. The van der Waals surface area contributed by atoms with E-state index in [1.807, 2.05) is 0 Å².